The van der Waals surface area contributed by atoms with Crippen LogP contribution in [0.2, 0.25) is 0 Å². The molecule has 0 heterocycles. The van der Waals surface area contributed by atoms with Crippen molar-refractivity contribution < 1.29 is 9.90 Å². The van der Waals surface area contributed by atoms with Gasteiger partial charge in [0.15, 0.2) is 5.78 Å². The first kappa shape index (κ1) is 25.8. The fourth-order valence-corrected chi connectivity index (χ4v) is 8.76. The van der Waals surface area contributed by atoms with Crippen molar-refractivity contribution in [2.75, 3.05) is 6.54 Å². The van der Waals surface area contributed by atoms with Gasteiger partial charge < -0.3 is 5.11 Å². The first-order valence-electron chi connectivity index (χ1n) is 14.2. The number of hydrogen-bond acceptors (Lipinski definition) is 3. The second-order valence-corrected chi connectivity index (χ2v) is 12.8. The van der Waals surface area contributed by atoms with Crippen LogP contribution in [0.5, 0.6) is 0 Å². The summed E-state index contributed by atoms with van der Waals surface area (Å²) < 4.78 is 0. The van der Waals surface area contributed by atoms with Gasteiger partial charge in [0, 0.05) is 17.9 Å². The number of unbranched alkanes of at least 4 members (excludes halogenated alkanes) is 6. The zero-order valence-corrected chi connectivity index (χ0v) is 21.9. The van der Waals surface area contributed by atoms with Gasteiger partial charge in [-0.25, -0.2) is 0 Å². The van der Waals surface area contributed by atoms with Crippen LogP contribution in [-0.2, 0) is 4.79 Å². The number of carbonyl (C=O) groups excluding carboxylic acids is 1. The number of azide groups is 1. The number of allylic oxidation sites excluding steroid dienone is 1. The molecule has 0 spiro atoms. The molecule has 0 radical (unpaired) electrons. The minimum atomic E-state index is -0.536. The maximum absolute atomic E-state index is 12.4. The number of fused-ring (bicyclic) bond motifs is 5. The van der Waals surface area contributed by atoms with Crippen molar-refractivity contribution in [2.24, 2.45) is 39.6 Å². The van der Waals surface area contributed by atoms with Crippen molar-refractivity contribution in [3.05, 3.63) is 22.1 Å². The third-order valence-electron chi connectivity index (χ3n) is 11.1. The largest absolute Gasteiger partial charge is 0.390 e. The smallest absolute Gasteiger partial charge is 0.155 e. The van der Waals surface area contributed by atoms with Gasteiger partial charge in [0.25, 0.3) is 0 Å². The molecule has 0 aliphatic heterocycles. The van der Waals surface area contributed by atoms with E-state index in [1.54, 1.807) is 0 Å². The van der Waals surface area contributed by atoms with Gasteiger partial charge >= 0.3 is 0 Å². The summed E-state index contributed by atoms with van der Waals surface area (Å²) in [5.41, 5.74) is 9.52. The third kappa shape index (κ3) is 4.72. The van der Waals surface area contributed by atoms with Crippen molar-refractivity contribution in [1.29, 1.82) is 0 Å². The average molecular weight is 470 g/mol. The van der Waals surface area contributed by atoms with E-state index in [1.165, 1.54) is 56.9 Å². The molecule has 7 atom stereocenters. The lowest BCUT2D eigenvalue weighted by molar-refractivity contribution is -0.135. The normalized spacial score (nSPS) is 41.2. The molecule has 0 aromatic heterocycles. The number of aliphatic hydroxyl groups is 1. The van der Waals surface area contributed by atoms with Gasteiger partial charge in [-0.1, -0.05) is 63.1 Å². The zero-order valence-electron chi connectivity index (χ0n) is 21.9. The fourth-order valence-electron chi connectivity index (χ4n) is 8.76. The first-order valence-corrected chi connectivity index (χ1v) is 14.2. The van der Waals surface area contributed by atoms with E-state index >= 15 is 0 Å². The maximum Gasteiger partial charge on any atom is 0.155 e. The average Bonchev–Trinajstić information content (AvgIpc) is 3.05. The summed E-state index contributed by atoms with van der Waals surface area (Å²) in [6.45, 7) is 7.59. The molecule has 0 aromatic carbocycles. The summed E-state index contributed by atoms with van der Waals surface area (Å²) in [6.07, 6.45) is 19.2. The lowest BCUT2D eigenvalue weighted by atomic mass is 9.44. The summed E-state index contributed by atoms with van der Waals surface area (Å²) in [7, 11) is 0. The SMILES string of the molecule is CC1(O)CC[C@H]2[C@@H]3C(CCCCCCCCCN=[N+]=[N-])CC4=CC(=O)CC[C@]4(C)[C@@H]3CC[C@@]21C. The first-order chi connectivity index (χ1) is 16.2. The summed E-state index contributed by atoms with van der Waals surface area (Å²) >= 11 is 0. The zero-order chi connectivity index (χ0) is 24.4. The highest BCUT2D eigenvalue weighted by Crippen LogP contribution is 2.69. The monoisotopic (exact) mass is 469 g/mol. The molecule has 4 rings (SSSR count). The highest BCUT2D eigenvalue weighted by Gasteiger charge is 2.64. The Bertz CT molecular complexity index is 829. The van der Waals surface area contributed by atoms with Crippen molar-refractivity contribution in [1.82, 2.24) is 0 Å². The lowest BCUT2D eigenvalue weighted by Crippen LogP contribution is -2.56. The summed E-state index contributed by atoms with van der Waals surface area (Å²) in [6, 6.07) is 0. The quantitative estimate of drug-likeness (QED) is 0.152. The van der Waals surface area contributed by atoms with Crippen molar-refractivity contribution in [3.63, 3.8) is 0 Å². The molecular weight excluding hydrogens is 422 g/mol. The number of carbonyl (C=O) groups is 1. The second-order valence-electron chi connectivity index (χ2n) is 12.8. The molecule has 34 heavy (non-hydrogen) atoms. The molecule has 4 aliphatic rings. The van der Waals surface area contributed by atoms with Crippen LogP contribution in [-0.4, -0.2) is 23.0 Å². The van der Waals surface area contributed by atoms with Crippen LogP contribution < -0.4 is 0 Å². The Morgan fingerprint density at radius 1 is 1.00 bits per heavy atom. The van der Waals surface area contributed by atoms with E-state index < -0.39 is 5.60 Å². The predicted molar refractivity (Wildman–Crippen MR) is 137 cm³/mol. The molecule has 0 bridgehead atoms. The van der Waals surface area contributed by atoms with Crippen molar-refractivity contribution in [2.45, 2.75) is 123 Å². The van der Waals surface area contributed by atoms with E-state index in [0.29, 0.717) is 36.0 Å². The topological polar surface area (TPSA) is 86.1 Å². The van der Waals surface area contributed by atoms with E-state index in [4.69, 9.17) is 5.53 Å². The number of nitrogens with zero attached hydrogens (tertiary/aromatic N) is 3. The molecule has 1 N–H and O–H groups in total. The molecule has 3 fully saturated rings. The number of ketones is 1. The van der Waals surface area contributed by atoms with E-state index in [0.717, 1.165) is 44.9 Å². The van der Waals surface area contributed by atoms with Crippen LogP contribution >= 0.6 is 0 Å². The van der Waals surface area contributed by atoms with Crippen LogP contribution in [0.25, 0.3) is 10.4 Å². The highest BCUT2D eigenvalue weighted by molar-refractivity contribution is 5.91. The molecular formula is C29H47N3O2. The Morgan fingerprint density at radius 3 is 2.41 bits per heavy atom. The van der Waals surface area contributed by atoms with Crippen LogP contribution in [0.1, 0.15) is 117 Å². The van der Waals surface area contributed by atoms with Crippen molar-refractivity contribution >= 4 is 5.78 Å². The van der Waals surface area contributed by atoms with Gasteiger partial charge in [0.1, 0.15) is 0 Å². The standard InChI is InChI=1S/C29H47N3O2/c1-27-15-12-23(33)20-22(27)19-21(11-9-7-5-4-6-8-10-18-31-32-30)26-24(27)13-16-28(2)25(26)14-17-29(28,3)34/h20-21,24-26,34H,4-19H2,1-3H3/t21?,24-,25+,26-,27+,28+,29?/m1/s1. The summed E-state index contributed by atoms with van der Waals surface area (Å²) in [5.74, 6) is 3.00. The molecule has 5 heteroatoms. The van der Waals surface area contributed by atoms with Crippen LogP contribution in [0, 0.1) is 34.5 Å². The van der Waals surface area contributed by atoms with E-state index in [-0.39, 0.29) is 10.8 Å². The van der Waals surface area contributed by atoms with Gasteiger partial charge in [0.2, 0.25) is 0 Å². The van der Waals surface area contributed by atoms with Gasteiger partial charge in [-0.05, 0) is 104 Å². The Kier molecular flexibility index (Phi) is 7.84. The number of rotatable bonds is 10. The molecule has 0 aromatic rings. The maximum atomic E-state index is 12.4. The van der Waals surface area contributed by atoms with Crippen LogP contribution in [0.15, 0.2) is 16.8 Å². The molecule has 190 valence electrons. The summed E-state index contributed by atoms with van der Waals surface area (Å²) in [5, 5.41) is 15.0. The Balaban J connectivity index is 1.40. The second kappa shape index (κ2) is 10.3. The lowest BCUT2D eigenvalue weighted by Gasteiger charge is -2.61. The highest BCUT2D eigenvalue weighted by atomic mass is 16.3. The van der Waals surface area contributed by atoms with Gasteiger partial charge in [-0.2, -0.15) is 0 Å². The Labute approximate surface area is 206 Å². The minimum Gasteiger partial charge on any atom is -0.390 e. The minimum absolute atomic E-state index is 0.0457. The Morgan fingerprint density at radius 2 is 1.68 bits per heavy atom. The molecule has 4 aliphatic carbocycles. The molecule has 3 saturated carbocycles. The predicted octanol–water partition coefficient (Wildman–Crippen LogP) is 7.93. The van der Waals surface area contributed by atoms with Gasteiger partial charge in [-0.3, -0.25) is 4.79 Å². The molecule has 2 unspecified atom stereocenters. The van der Waals surface area contributed by atoms with E-state index in [2.05, 4.69) is 30.8 Å². The van der Waals surface area contributed by atoms with Crippen molar-refractivity contribution in [3.8, 4) is 0 Å². The third-order valence-corrected chi connectivity index (χ3v) is 11.1. The van der Waals surface area contributed by atoms with Gasteiger partial charge in [0.05, 0.1) is 5.60 Å². The molecule has 0 saturated heterocycles. The fraction of sp³-hybridized carbons (Fsp3) is 0.897. The molecule has 0 amide bonds. The van der Waals surface area contributed by atoms with Crippen LogP contribution in [0.3, 0.4) is 0 Å². The molecule has 5 nitrogen and oxygen atoms in total. The van der Waals surface area contributed by atoms with Crippen LogP contribution in [0.4, 0.5) is 0 Å². The van der Waals surface area contributed by atoms with E-state index in [1.807, 2.05) is 6.08 Å². The number of hydrogen-bond donors (Lipinski definition) is 1. The Hall–Kier alpha value is -1.32. The summed E-state index contributed by atoms with van der Waals surface area (Å²) in [4.78, 5) is 15.2. The van der Waals surface area contributed by atoms with E-state index in [9.17, 15) is 9.90 Å². The van der Waals surface area contributed by atoms with Gasteiger partial charge in [-0.15, -0.1) is 0 Å².